The monoisotopic (exact) mass is 588 g/mol. The first kappa shape index (κ1) is 28.0. The van der Waals surface area contributed by atoms with Crippen LogP contribution in [0.3, 0.4) is 0 Å². The third-order valence-corrected chi connectivity index (χ3v) is 8.59. The van der Waals surface area contributed by atoms with E-state index < -0.39 is 5.82 Å². The lowest BCUT2D eigenvalue weighted by atomic mass is 9.96. The van der Waals surface area contributed by atoms with Crippen molar-refractivity contribution in [1.82, 2.24) is 25.4 Å². The summed E-state index contributed by atoms with van der Waals surface area (Å²) in [6.07, 6.45) is 13.9. The van der Waals surface area contributed by atoms with Gasteiger partial charge in [0.2, 0.25) is 0 Å². The number of rotatable bonds is 7. The average Bonchev–Trinajstić information content (AvgIpc) is 3.48. The number of phenols is 1. The van der Waals surface area contributed by atoms with Crippen molar-refractivity contribution in [2.24, 2.45) is 5.73 Å². The molecule has 0 radical (unpaired) electrons. The van der Waals surface area contributed by atoms with Gasteiger partial charge in [-0.2, -0.15) is 5.10 Å². The van der Waals surface area contributed by atoms with Crippen molar-refractivity contribution >= 4 is 22.0 Å². The molecule has 4 heterocycles. The number of hydrogen-bond donors (Lipinski definition) is 5. The Morgan fingerprint density at radius 2 is 1.91 bits per heavy atom. The predicted molar refractivity (Wildman–Crippen MR) is 175 cm³/mol. The molecular formula is C36H37FN6O. The Bertz CT molecular complexity index is 1890. The van der Waals surface area contributed by atoms with Crippen molar-refractivity contribution in [3.05, 3.63) is 118 Å². The zero-order valence-electron chi connectivity index (χ0n) is 25.0. The normalized spacial score (nSPS) is 18.6. The third-order valence-electron chi connectivity index (χ3n) is 8.59. The molecule has 1 unspecified atom stereocenters. The SMILES string of the molecule is CC(C)=C/C(=C\C(=C/N)c1ccc2[nH]nc(-c3cc4c([nH]3)C3NC3=CC=C4c3cc(O)cc(F)c3)c2c1)CN1CCCCC1. The first-order valence-corrected chi connectivity index (χ1v) is 15.3. The fourth-order valence-corrected chi connectivity index (χ4v) is 6.50. The molecule has 1 atom stereocenters. The number of likely N-dealkylation sites (tertiary alicyclic amines) is 1. The standard InChI is InChI=1S/C36H37FN6O/c1-21(2)12-22(20-43-10-4-3-5-11-43)13-25(19-38)23-6-8-31-30(16-23)34(42-41-31)33-18-29-28(24-14-26(37)17-27(44)15-24)7-9-32-36(39-32)35(29)40-33/h6-9,12-19,36,39-40,44H,3-5,10-11,20,38H2,1-2H3,(H,41,42)/b22-13+,25-19+. The second-order valence-electron chi connectivity index (χ2n) is 12.2. The van der Waals surface area contributed by atoms with Gasteiger partial charge < -0.3 is 21.1 Å². The highest BCUT2D eigenvalue weighted by Crippen LogP contribution is 2.44. The van der Waals surface area contributed by atoms with Gasteiger partial charge in [0.1, 0.15) is 23.3 Å². The molecular weight excluding hydrogens is 551 g/mol. The molecule has 3 aliphatic rings. The molecule has 0 amide bonds. The van der Waals surface area contributed by atoms with Crippen LogP contribution in [-0.4, -0.2) is 44.8 Å². The molecule has 2 saturated heterocycles. The fourth-order valence-electron chi connectivity index (χ4n) is 6.50. The molecule has 2 aromatic carbocycles. The summed E-state index contributed by atoms with van der Waals surface area (Å²) in [4.78, 5) is 6.13. The number of nitrogens with one attached hydrogen (secondary N) is 3. The largest absolute Gasteiger partial charge is 0.508 e. The smallest absolute Gasteiger partial charge is 0.127 e. The van der Waals surface area contributed by atoms with Gasteiger partial charge in [0.25, 0.3) is 0 Å². The zero-order valence-corrected chi connectivity index (χ0v) is 25.0. The van der Waals surface area contributed by atoms with E-state index in [1.54, 1.807) is 12.3 Å². The summed E-state index contributed by atoms with van der Waals surface area (Å²) < 4.78 is 14.3. The molecule has 4 aromatic rings. The first-order chi connectivity index (χ1) is 21.4. The maximum atomic E-state index is 14.3. The zero-order chi connectivity index (χ0) is 30.4. The molecule has 6 N–H and O–H groups in total. The van der Waals surface area contributed by atoms with Crippen LogP contribution < -0.4 is 11.1 Å². The van der Waals surface area contributed by atoms with E-state index >= 15 is 0 Å². The van der Waals surface area contributed by atoms with Gasteiger partial charge in [-0.1, -0.05) is 30.2 Å². The Labute approximate surface area is 256 Å². The van der Waals surface area contributed by atoms with E-state index in [1.807, 2.05) is 18.2 Å². The average molecular weight is 589 g/mol. The van der Waals surface area contributed by atoms with Gasteiger partial charge in [-0.3, -0.25) is 10.00 Å². The predicted octanol–water partition coefficient (Wildman–Crippen LogP) is 7.05. The van der Waals surface area contributed by atoms with Crippen LogP contribution in [0, 0.1) is 5.82 Å². The van der Waals surface area contributed by atoms with Crippen molar-refractivity contribution in [3.63, 3.8) is 0 Å². The van der Waals surface area contributed by atoms with Crippen LogP contribution in [0.25, 0.3) is 33.4 Å². The molecule has 0 bridgehead atoms. The van der Waals surface area contributed by atoms with Gasteiger partial charge in [-0.25, -0.2) is 4.39 Å². The fraction of sp³-hybridized carbons (Fsp3) is 0.250. The van der Waals surface area contributed by atoms with Gasteiger partial charge in [0.15, 0.2) is 0 Å². The van der Waals surface area contributed by atoms with E-state index in [0.29, 0.717) is 5.56 Å². The molecule has 224 valence electrons. The summed E-state index contributed by atoms with van der Waals surface area (Å²) in [5.41, 5.74) is 17.7. The number of hydrogen-bond acceptors (Lipinski definition) is 5. The summed E-state index contributed by atoms with van der Waals surface area (Å²) >= 11 is 0. The highest BCUT2D eigenvalue weighted by atomic mass is 19.1. The van der Waals surface area contributed by atoms with Crippen molar-refractivity contribution in [1.29, 1.82) is 0 Å². The van der Waals surface area contributed by atoms with Crippen molar-refractivity contribution in [3.8, 4) is 17.1 Å². The van der Waals surface area contributed by atoms with Gasteiger partial charge in [0, 0.05) is 35.5 Å². The lowest BCUT2D eigenvalue weighted by Gasteiger charge is -2.27. The number of phenolic OH excluding ortho intramolecular Hbond substituents is 1. The van der Waals surface area contributed by atoms with E-state index in [-0.39, 0.29) is 11.8 Å². The molecule has 0 spiro atoms. The van der Waals surface area contributed by atoms with Crippen molar-refractivity contribution in [2.75, 3.05) is 19.6 Å². The lowest BCUT2D eigenvalue weighted by Crippen LogP contribution is -2.31. The van der Waals surface area contributed by atoms with Crippen LogP contribution >= 0.6 is 0 Å². The minimum atomic E-state index is -0.481. The third kappa shape index (κ3) is 5.49. The molecule has 7 rings (SSSR count). The van der Waals surface area contributed by atoms with Crippen LogP contribution in [0.2, 0.25) is 0 Å². The summed E-state index contributed by atoms with van der Waals surface area (Å²) in [5.74, 6) is -0.587. The summed E-state index contributed by atoms with van der Waals surface area (Å²) in [7, 11) is 0. The number of nitrogens with zero attached hydrogens (tertiary/aromatic N) is 2. The number of halogens is 1. The van der Waals surface area contributed by atoms with Crippen LogP contribution in [0.4, 0.5) is 4.39 Å². The first-order valence-electron chi connectivity index (χ1n) is 15.3. The van der Waals surface area contributed by atoms with Crippen LogP contribution in [0.1, 0.15) is 61.5 Å². The van der Waals surface area contributed by atoms with Crippen molar-refractivity contribution < 1.29 is 9.50 Å². The maximum Gasteiger partial charge on any atom is 0.127 e. The summed E-state index contributed by atoms with van der Waals surface area (Å²) in [5, 5.41) is 22.4. The molecule has 0 saturated carbocycles. The summed E-state index contributed by atoms with van der Waals surface area (Å²) in [6, 6.07) is 12.5. The Balaban J connectivity index is 1.26. The van der Waals surface area contributed by atoms with E-state index in [2.05, 4.69) is 64.5 Å². The number of fused-ring (bicyclic) bond motifs is 4. The van der Waals surface area contributed by atoms with Crippen LogP contribution in [0.5, 0.6) is 5.75 Å². The molecule has 8 heteroatoms. The molecule has 1 aliphatic carbocycles. The topological polar surface area (TPSA) is 116 Å². The molecule has 44 heavy (non-hydrogen) atoms. The number of aromatic hydroxyl groups is 1. The number of allylic oxidation sites excluding steroid dienone is 5. The molecule has 7 nitrogen and oxygen atoms in total. The van der Waals surface area contributed by atoms with Gasteiger partial charge in [-0.05, 0) is 110 Å². The number of H-pyrrole nitrogens is 2. The van der Waals surface area contributed by atoms with Gasteiger partial charge >= 0.3 is 0 Å². The van der Waals surface area contributed by atoms with E-state index in [1.165, 1.54) is 36.5 Å². The number of benzene rings is 2. The van der Waals surface area contributed by atoms with Crippen LogP contribution in [-0.2, 0) is 0 Å². The van der Waals surface area contributed by atoms with Crippen LogP contribution in [0.15, 0.2) is 89.8 Å². The minimum Gasteiger partial charge on any atom is -0.508 e. The Hall–Kier alpha value is -4.82. The highest BCUT2D eigenvalue weighted by molar-refractivity contribution is 5.96. The molecule has 2 aliphatic heterocycles. The Kier molecular flexibility index (Phi) is 7.22. The molecule has 2 fully saturated rings. The van der Waals surface area contributed by atoms with Gasteiger partial charge in [-0.15, -0.1) is 0 Å². The van der Waals surface area contributed by atoms with E-state index in [0.717, 1.165) is 81.7 Å². The number of aromatic nitrogens is 3. The highest BCUT2D eigenvalue weighted by Gasteiger charge is 2.36. The van der Waals surface area contributed by atoms with Crippen molar-refractivity contribution in [2.45, 2.75) is 39.2 Å². The second kappa shape index (κ2) is 11.4. The molecule has 2 aromatic heterocycles. The maximum absolute atomic E-state index is 14.3. The quantitative estimate of drug-likeness (QED) is 0.117. The van der Waals surface area contributed by atoms with E-state index in [9.17, 15) is 9.50 Å². The number of aromatic amines is 2. The summed E-state index contributed by atoms with van der Waals surface area (Å²) in [6.45, 7) is 7.42. The minimum absolute atomic E-state index is 0.0562. The Morgan fingerprint density at radius 3 is 2.68 bits per heavy atom. The second-order valence-corrected chi connectivity index (χ2v) is 12.2. The Morgan fingerprint density at radius 1 is 1.07 bits per heavy atom. The lowest BCUT2D eigenvalue weighted by molar-refractivity contribution is 0.248. The van der Waals surface area contributed by atoms with E-state index in [4.69, 9.17) is 10.8 Å². The number of nitrogens with two attached hydrogens (primary N) is 1. The number of piperidine rings is 1. The van der Waals surface area contributed by atoms with Gasteiger partial charge in [0.05, 0.1) is 16.9 Å².